The van der Waals surface area contributed by atoms with Crippen LogP contribution >= 0.6 is 0 Å². The van der Waals surface area contributed by atoms with E-state index in [4.69, 9.17) is 5.73 Å². The number of nitrogens with zero attached hydrogens (tertiary/aromatic N) is 5. The Hall–Kier alpha value is -4.81. The van der Waals surface area contributed by atoms with Crippen LogP contribution in [0.4, 0.5) is 10.2 Å². The van der Waals surface area contributed by atoms with Gasteiger partial charge in [0, 0.05) is 43.1 Å². The lowest BCUT2D eigenvalue weighted by Gasteiger charge is -2.16. The number of pyridine rings is 1. The summed E-state index contributed by atoms with van der Waals surface area (Å²) in [5.41, 5.74) is 9.85. The van der Waals surface area contributed by atoms with Crippen molar-refractivity contribution in [2.24, 2.45) is 7.05 Å². The number of nitrogens with two attached hydrogens (primary N) is 1. The number of aliphatic hydroxyl groups is 1. The molecule has 0 amide bonds. The molecule has 1 saturated carbocycles. The van der Waals surface area contributed by atoms with Gasteiger partial charge in [-0.3, -0.25) is 9.36 Å². The van der Waals surface area contributed by atoms with Crippen LogP contribution in [-0.2, 0) is 20.1 Å². The van der Waals surface area contributed by atoms with Crippen LogP contribution in [0.3, 0.4) is 0 Å². The van der Waals surface area contributed by atoms with E-state index in [0.29, 0.717) is 51.8 Å². The molecule has 3 heterocycles. The Morgan fingerprint density at radius 1 is 1.18 bits per heavy atom. The van der Waals surface area contributed by atoms with Crippen molar-refractivity contribution < 1.29 is 9.50 Å². The Balaban J connectivity index is 1.44. The number of hydrogen-bond donors (Lipinski definition) is 2. The van der Waals surface area contributed by atoms with Crippen LogP contribution < -0.4 is 11.3 Å². The molecule has 5 aromatic rings. The lowest BCUT2D eigenvalue weighted by molar-refractivity contribution is 0.282. The second kappa shape index (κ2) is 9.49. The van der Waals surface area contributed by atoms with Crippen molar-refractivity contribution in [2.45, 2.75) is 31.8 Å². The van der Waals surface area contributed by atoms with Crippen molar-refractivity contribution >= 4 is 16.6 Å². The molecule has 0 spiro atoms. The van der Waals surface area contributed by atoms with E-state index >= 15 is 4.39 Å². The fraction of sp³-hybridized carbons (Fsp3) is 0.200. The van der Waals surface area contributed by atoms with Crippen molar-refractivity contribution in [3.8, 4) is 23.0 Å². The van der Waals surface area contributed by atoms with Gasteiger partial charge >= 0.3 is 0 Å². The quantitative estimate of drug-likeness (QED) is 0.343. The zero-order valence-electron chi connectivity index (χ0n) is 21.2. The van der Waals surface area contributed by atoms with E-state index in [0.717, 1.165) is 24.0 Å². The number of aryl methyl sites for hydroxylation is 1. The average Bonchev–Trinajstić information content (AvgIpc) is 3.71. The van der Waals surface area contributed by atoms with Crippen LogP contribution in [0.1, 0.15) is 47.0 Å². The van der Waals surface area contributed by atoms with Gasteiger partial charge in [0.1, 0.15) is 29.2 Å². The summed E-state index contributed by atoms with van der Waals surface area (Å²) in [6, 6.07) is 15.8. The highest BCUT2D eigenvalue weighted by Crippen LogP contribution is 2.41. The van der Waals surface area contributed by atoms with Gasteiger partial charge < -0.3 is 15.4 Å². The van der Waals surface area contributed by atoms with Gasteiger partial charge in [-0.05, 0) is 59.5 Å². The zero-order valence-corrected chi connectivity index (χ0v) is 21.2. The second-order valence-corrected chi connectivity index (χ2v) is 9.92. The number of nitriles is 1. The number of rotatable bonds is 6. The van der Waals surface area contributed by atoms with Crippen LogP contribution in [0.15, 0.2) is 65.7 Å². The predicted molar refractivity (Wildman–Crippen MR) is 146 cm³/mol. The van der Waals surface area contributed by atoms with Gasteiger partial charge in [0.15, 0.2) is 0 Å². The molecule has 0 unspecified atom stereocenters. The summed E-state index contributed by atoms with van der Waals surface area (Å²) >= 11 is 0. The van der Waals surface area contributed by atoms with Crippen molar-refractivity contribution in [3.63, 3.8) is 0 Å². The van der Waals surface area contributed by atoms with Crippen molar-refractivity contribution in [1.82, 2.24) is 19.1 Å². The molecular formula is C30H25FN6O2. The Morgan fingerprint density at radius 2 is 2.00 bits per heavy atom. The van der Waals surface area contributed by atoms with E-state index in [1.54, 1.807) is 54.2 Å². The topological polar surface area (TPSA) is 123 Å². The first-order valence-corrected chi connectivity index (χ1v) is 12.6. The van der Waals surface area contributed by atoms with E-state index in [2.05, 4.69) is 16.0 Å². The van der Waals surface area contributed by atoms with Gasteiger partial charge in [0.2, 0.25) is 0 Å². The number of anilines is 1. The molecule has 2 aromatic carbocycles. The molecule has 8 nitrogen and oxygen atoms in total. The number of aliphatic hydroxyl groups excluding tert-OH is 1. The molecule has 0 aliphatic heterocycles. The molecule has 3 N–H and O–H groups in total. The van der Waals surface area contributed by atoms with Gasteiger partial charge in [0.05, 0.1) is 23.4 Å². The lowest BCUT2D eigenvalue weighted by atomic mass is 10.0. The highest BCUT2D eigenvalue weighted by molar-refractivity contribution is 5.83. The third kappa shape index (κ3) is 4.45. The molecule has 0 saturated heterocycles. The fourth-order valence-electron chi connectivity index (χ4n) is 5.16. The van der Waals surface area contributed by atoms with Gasteiger partial charge in [-0.25, -0.2) is 14.4 Å². The molecule has 0 bridgehead atoms. The summed E-state index contributed by atoms with van der Waals surface area (Å²) in [6.45, 7) is -0.386. The highest BCUT2D eigenvalue weighted by Gasteiger charge is 2.25. The van der Waals surface area contributed by atoms with Gasteiger partial charge in [-0.1, -0.05) is 18.2 Å². The molecule has 0 radical (unpaired) electrons. The molecule has 1 aliphatic rings. The van der Waals surface area contributed by atoms with E-state index in [1.165, 1.54) is 10.6 Å². The molecule has 39 heavy (non-hydrogen) atoms. The smallest absolute Gasteiger partial charge is 0.265 e. The molecule has 3 aromatic heterocycles. The maximum atomic E-state index is 15.1. The minimum Gasteiger partial charge on any atom is -0.392 e. The maximum Gasteiger partial charge on any atom is 0.265 e. The zero-order chi connectivity index (χ0) is 27.3. The molecule has 1 fully saturated rings. The van der Waals surface area contributed by atoms with E-state index in [9.17, 15) is 15.2 Å². The third-order valence-electron chi connectivity index (χ3n) is 7.20. The first-order chi connectivity index (χ1) is 18.9. The van der Waals surface area contributed by atoms with Gasteiger partial charge in [-0.2, -0.15) is 5.26 Å². The first-order valence-electron chi connectivity index (χ1n) is 12.6. The molecule has 6 rings (SSSR count). The summed E-state index contributed by atoms with van der Waals surface area (Å²) in [7, 11) is 1.79. The summed E-state index contributed by atoms with van der Waals surface area (Å²) in [6.07, 6.45) is 5.88. The van der Waals surface area contributed by atoms with E-state index in [-0.39, 0.29) is 17.8 Å². The van der Waals surface area contributed by atoms with Gasteiger partial charge in [0.25, 0.3) is 5.56 Å². The largest absolute Gasteiger partial charge is 0.392 e. The Labute approximate surface area is 223 Å². The van der Waals surface area contributed by atoms with Crippen LogP contribution in [0, 0.1) is 17.1 Å². The Morgan fingerprint density at radius 3 is 2.72 bits per heavy atom. The number of aromatic nitrogens is 4. The Kier molecular flexibility index (Phi) is 5.97. The number of fused-ring (bicyclic) bond motifs is 1. The monoisotopic (exact) mass is 520 g/mol. The summed E-state index contributed by atoms with van der Waals surface area (Å²) < 4.78 is 18.2. The normalized spacial score (nSPS) is 13.1. The van der Waals surface area contributed by atoms with E-state index < -0.39 is 11.4 Å². The minimum absolute atomic E-state index is 0.0179. The van der Waals surface area contributed by atoms with E-state index in [1.807, 2.05) is 12.3 Å². The van der Waals surface area contributed by atoms with Crippen LogP contribution in [0.25, 0.3) is 27.7 Å². The first kappa shape index (κ1) is 24.5. The number of halogens is 1. The predicted octanol–water partition coefficient (Wildman–Crippen LogP) is 4.34. The SMILES string of the molecule is Cn1cc(Cc2nc(N)cc(-c3cccc(-n4ccc5cc(C6CC6)cc(F)c5c4=O)c3CO)n2)cc1C#N. The molecule has 1 aliphatic carbocycles. The molecular weight excluding hydrogens is 495 g/mol. The summed E-state index contributed by atoms with van der Waals surface area (Å²) in [5, 5.41) is 20.3. The highest BCUT2D eigenvalue weighted by atomic mass is 19.1. The van der Waals surface area contributed by atoms with Gasteiger partial charge in [-0.15, -0.1) is 0 Å². The summed E-state index contributed by atoms with van der Waals surface area (Å²) in [5.74, 6) is 0.525. The summed E-state index contributed by atoms with van der Waals surface area (Å²) in [4.78, 5) is 22.5. The number of nitrogen functional groups attached to an aromatic ring is 1. The molecule has 0 atom stereocenters. The van der Waals surface area contributed by atoms with Crippen LogP contribution in [-0.4, -0.2) is 24.2 Å². The number of hydrogen-bond acceptors (Lipinski definition) is 6. The van der Waals surface area contributed by atoms with Crippen molar-refractivity contribution in [3.05, 3.63) is 105 Å². The Bertz CT molecular complexity index is 1860. The van der Waals surface area contributed by atoms with Crippen molar-refractivity contribution in [1.29, 1.82) is 5.26 Å². The minimum atomic E-state index is -0.538. The van der Waals surface area contributed by atoms with Crippen LogP contribution in [0.5, 0.6) is 0 Å². The van der Waals surface area contributed by atoms with Crippen LogP contribution in [0.2, 0.25) is 0 Å². The average molecular weight is 521 g/mol. The standard InChI is InChI=1S/C30H25FN6O2/c1-36-15-17(9-21(36)14-32)10-28-34-25(13-27(33)35-28)22-3-2-4-26(23(22)16-38)37-8-7-19-11-20(18-5-6-18)12-24(31)29(19)30(37)39/h2-4,7-9,11-13,15,18,38H,5-6,10,16H2,1H3,(H2,33,34,35). The second-order valence-electron chi connectivity index (χ2n) is 9.92. The molecule has 9 heteroatoms. The third-order valence-corrected chi connectivity index (χ3v) is 7.20. The van der Waals surface area contributed by atoms with Crippen molar-refractivity contribution in [2.75, 3.05) is 5.73 Å². The number of benzene rings is 2. The lowest BCUT2D eigenvalue weighted by Crippen LogP contribution is -2.20. The molecule has 194 valence electrons. The maximum absolute atomic E-state index is 15.1. The fourth-order valence-corrected chi connectivity index (χ4v) is 5.16.